The minimum Gasteiger partial charge on any atom is -0.490 e. The molecule has 10 heteroatoms. The van der Waals surface area contributed by atoms with Crippen molar-refractivity contribution in [3.8, 4) is 11.5 Å². The molecule has 0 saturated carbocycles. The first-order chi connectivity index (χ1) is 14.6. The van der Waals surface area contributed by atoms with E-state index in [0.717, 1.165) is 28.6 Å². The first-order valence-electron chi connectivity index (χ1n) is 9.45. The Labute approximate surface area is 190 Å². The molecule has 0 spiro atoms. The van der Waals surface area contributed by atoms with Gasteiger partial charge in [-0.3, -0.25) is 0 Å². The second-order valence-corrected chi connectivity index (χ2v) is 8.27. The molecule has 0 unspecified atom stereocenters. The van der Waals surface area contributed by atoms with E-state index < -0.39 is 0 Å². The number of halogens is 2. The number of nitrogens with zero attached hydrogens (tertiary/aromatic N) is 4. The Balaban J connectivity index is 1.57. The lowest BCUT2D eigenvalue weighted by Gasteiger charge is -2.16. The van der Waals surface area contributed by atoms with Crippen LogP contribution in [-0.2, 0) is 20.2 Å². The zero-order chi connectivity index (χ0) is 21.3. The lowest BCUT2D eigenvalue weighted by molar-refractivity contribution is 0.269. The molecule has 7 nitrogen and oxygen atoms in total. The van der Waals surface area contributed by atoms with Crippen molar-refractivity contribution >= 4 is 35.0 Å². The van der Waals surface area contributed by atoms with Gasteiger partial charge in [-0.25, -0.2) is 4.68 Å². The third kappa shape index (κ3) is 6.50. The molecule has 0 saturated heterocycles. The van der Waals surface area contributed by atoms with E-state index in [1.165, 1.54) is 0 Å². The summed E-state index contributed by atoms with van der Waals surface area (Å²) in [6.45, 7) is 4.26. The zero-order valence-corrected chi connectivity index (χ0v) is 19.1. The van der Waals surface area contributed by atoms with Gasteiger partial charge in [-0.2, -0.15) is 0 Å². The van der Waals surface area contributed by atoms with E-state index in [1.54, 1.807) is 16.4 Å². The van der Waals surface area contributed by atoms with E-state index in [-0.39, 0.29) is 0 Å². The van der Waals surface area contributed by atoms with Crippen molar-refractivity contribution in [1.82, 2.24) is 25.5 Å². The number of rotatable bonds is 11. The summed E-state index contributed by atoms with van der Waals surface area (Å²) in [6, 6.07) is 11.4. The molecule has 30 heavy (non-hydrogen) atoms. The molecule has 3 aromatic rings. The Morgan fingerprint density at radius 2 is 2.00 bits per heavy atom. The van der Waals surface area contributed by atoms with Crippen molar-refractivity contribution in [3.63, 3.8) is 0 Å². The van der Waals surface area contributed by atoms with Crippen LogP contribution in [0.25, 0.3) is 0 Å². The van der Waals surface area contributed by atoms with Crippen LogP contribution in [0, 0.1) is 0 Å². The van der Waals surface area contributed by atoms with Gasteiger partial charge in [-0.15, -0.1) is 5.10 Å². The Morgan fingerprint density at radius 3 is 2.73 bits per heavy atom. The second kappa shape index (κ2) is 11.4. The van der Waals surface area contributed by atoms with Crippen molar-refractivity contribution in [1.29, 1.82) is 0 Å². The number of aryl methyl sites for hydroxylation is 1. The van der Waals surface area contributed by atoms with Crippen LogP contribution in [0.1, 0.15) is 18.1 Å². The van der Waals surface area contributed by atoms with Crippen LogP contribution in [0.2, 0.25) is 10.0 Å². The summed E-state index contributed by atoms with van der Waals surface area (Å²) in [5.41, 5.74) is 1.98. The van der Waals surface area contributed by atoms with Gasteiger partial charge >= 0.3 is 0 Å². The SMILES string of the molecule is CCOc1cc(CNCCSc2nnnn2C)cc(Cl)c1OCc1cccc(Cl)c1. The third-order valence-corrected chi connectivity index (χ3v) is 5.59. The maximum atomic E-state index is 6.50. The van der Waals surface area contributed by atoms with Crippen molar-refractivity contribution in [2.24, 2.45) is 7.05 Å². The molecule has 1 aromatic heterocycles. The lowest BCUT2D eigenvalue weighted by atomic mass is 10.2. The summed E-state index contributed by atoms with van der Waals surface area (Å²) in [5, 5.41) is 16.8. The number of benzene rings is 2. The van der Waals surface area contributed by atoms with E-state index in [2.05, 4.69) is 20.8 Å². The molecule has 1 heterocycles. The third-order valence-electron chi connectivity index (χ3n) is 4.06. The standard InChI is InChI=1S/C20H23Cl2N5O2S/c1-3-28-18-11-15(12-23-7-8-30-20-24-25-26-27(20)2)10-17(22)19(18)29-13-14-5-4-6-16(21)9-14/h4-6,9-11,23H,3,7-8,12-13H2,1-2H3. The van der Waals surface area contributed by atoms with Gasteiger partial charge in [0.2, 0.25) is 5.16 Å². The molecular formula is C20H23Cl2N5O2S. The van der Waals surface area contributed by atoms with Crippen LogP contribution in [0.3, 0.4) is 0 Å². The fourth-order valence-electron chi connectivity index (χ4n) is 2.70. The molecule has 0 fully saturated rings. The Morgan fingerprint density at radius 1 is 1.13 bits per heavy atom. The molecule has 2 aromatic carbocycles. The number of thioether (sulfide) groups is 1. The minimum absolute atomic E-state index is 0.353. The van der Waals surface area contributed by atoms with Gasteiger partial charge in [-0.05, 0) is 52.7 Å². The Bertz CT molecular complexity index is 970. The summed E-state index contributed by atoms with van der Waals surface area (Å²) < 4.78 is 13.4. The van der Waals surface area contributed by atoms with Crippen LogP contribution in [0.5, 0.6) is 11.5 Å². The maximum Gasteiger partial charge on any atom is 0.209 e. The maximum absolute atomic E-state index is 6.50. The quantitative estimate of drug-likeness (QED) is 0.331. The van der Waals surface area contributed by atoms with Crippen LogP contribution in [-0.4, -0.2) is 39.1 Å². The zero-order valence-electron chi connectivity index (χ0n) is 16.8. The molecule has 0 aliphatic rings. The van der Waals surface area contributed by atoms with E-state index >= 15 is 0 Å². The smallest absolute Gasteiger partial charge is 0.209 e. The second-order valence-electron chi connectivity index (χ2n) is 6.37. The fourth-order valence-corrected chi connectivity index (χ4v) is 3.95. The van der Waals surface area contributed by atoms with Gasteiger partial charge in [0.05, 0.1) is 11.6 Å². The fraction of sp³-hybridized carbons (Fsp3) is 0.350. The first-order valence-corrected chi connectivity index (χ1v) is 11.2. The monoisotopic (exact) mass is 467 g/mol. The number of nitrogens with one attached hydrogen (secondary N) is 1. The predicted molar refractivity (Wildman–Crippen MR) is 120 cm³/mol. The van der Waals surface area contributed by atoms with E-state index in [0.29, 0.717) is 41.3 Å². The van der Waals surface area contributed by atoms with Gasteiger partial charge in [0, 0.05) is 30.9 Å². The summed E-state index contributed by atoms with van der Waals surface area (Å²) in [5.74, 6) is 2.01. The summed E-state index contributed by atoms with van der Waals surface area (Å²) in [4.78, 5) is 0. The summed E-state index contributed by atoms with van der Waals surface area (Å²) in [7, 11) is 1.82. The number of aromatic nitrogens is 4. The van der Waals surface area contributed by atoms with Crippen LogP contribution < -0.4 is 14.8 Å². The van der Waals surface area contributed by atoms with Gasteiger partial charge in [-0.1, -0.05) is 47.1 Å². The van der Waals surface area contributed by atoms with E-state index in [4.69, 9.17) is 32.7 Å². The molecule has 160 valence electrons. The molecule has 0 aliphatic heterocycles. The average Bonchev–Trinajstić information content (AvgIpc) is 3.12. The molecular weight excluding hydrogens is 445 g/mol. The van der Waals surface area contributed by atoms with Crippen LogP contribution >= 0.6 is 35.0 Å². The van der Waals surface area contributed by atoms with E-state index in [1.807, 2.05) is 50.4 Å². The van der Waals surface area contributed by atoms with Crippen molar-refractivity contribution in [2.75, 3.05) is 18.9 Å². The molecule has 0 radical (unpaired) electrons. The van der Waals surface area contributed by atoms with Crippen LogP contribution in [0.4, 0.5) is 0 Å². The highest BCUT2D eigenvalue weighted by Crippen LogP contribution is 2.37. The van der Waals surface area contributed by atoms with Gasteiger partial charge in [0.15, 0.2) is 11.5 Å². The number of hydrogen-bond acceptors (Lipinski definition) is 7. The lowest BCUT2D eigenvalue weighted by Crippen LogP contribution is -2.17. The van der Waals surface area contributed by atoms with E-state index in [9.17, 15) is 0 Å². The molecule has 3 rings (SSSR count). The van der Waals surface area contributed by atoms with Gasteiger partial charge in [0.25, 0.3) is 0 Å². The molecule has 0 aliphatic carbocycles. The highest BCUT2D eigenvalue weighted by atomic mass is 35.5. The molecule has 0 amide bonds. The number of ether oxygens (including phenoxy) is 2. The van der Waals surface area contributed by atoms with Crippen LogP contribution in [0.15, 0.2) is 41.6 Å². The van der Waals surface area contributed by atoms with Gasteiger partial charge < -0.3 is 14.8 Å². The molecule has 0 atom stereocenters. The summed E-state index contributed by atoms with van der Waals surface area (Å²) >= 11 is 14.1. The number of tetrazole rings is 1. The predicted octanol–water partition coefficient (Wildman–Crippen LogP) is 4.38. The molecule has 0 bridgehead atoms. The summed E-state index contributed by atoms with van der Waals surface area (Å²) in [6.07, 6.45) is 0. The van der Waals surface area contributed by atoms with Crippen molar-refractivity contribution in [2.45, 2.75) is 25.2 Å². The topological polar surface area (TPSA) is 74.1 Å². The minimum atomic E-state index is 0.353. The Kier molecular flexibility index (Phi) is 8.62. The van der Waals surface area contributed by atoms with Gasteiger partial charge in [0.1, 0.15) is 6.61 Å². The first kappa shape index (κ1) is 22.7. The molecule has 1 N–H and O–H groups in total. The normalized spacial score (nSPS) is 10.9. The highest BCUT2D eigenvalue weighted by molar-refractivity contribution is 7.99. The highest BCUT2D eigenvalue weighted by Gasteiger charge is 2.13. The number of hydrogen-bond donors (Lipinski definition) is 1. The average molecular weight is 468 g/mol. The largest absolute Gasteiger partial charge is 0.490 e. The van der Waals surface area contributed by atoms with Crippen molar-refractivity contribution < 1.29 is 9.47 Å². The Hall–Kier alpha value is -2.00. The van der Waals surface area contributed by atoms with Crippen molar-refractivity contribution in [3.05, 3.63) is 57.6 Å².